The van der Waals surface area contributed by atoms with Gasteiger partial charge in [0.05, 0.1) is 75.1 Å². The van der Waals surface area contributed by atoms with Gasteiger partial charge in [0.2, 0.25) is 11.8 Å². The normalized spacial score (nSPS) is 19.3. The smallest absolute Gasteiger partial charge is 0.262 e. The number of unbranched alkanes of at least 4 members (excludes halogenated alkanes) is 2. The second kappa shape index (κ2) is 20.3. The molecule has 0 bridgehead atoms. The Kier molecular flexibility index (Phi) is 15.3. The van der Waals surface area contributed by atoms with E-state index in [9.17, 15) is 28.8 Å². The van der Waals surface area contributed by atoms with Gasteiger partial charge in [0, 0.05) is 26.2 Å². The van der Waals surface area contributed by atoms with E-state index in [-0.39, 0.29) is 90.8 Å². The van der Waals surface area contributed by atoms with Gasteiger partial charge in [0.25, 0.3) is 23.6 Å². The Labute approximate surface area is 316 Å². The van der Waals surface area contributed by atoms with Gasteiger partial charge in [-0.1, -0.05) is 63.8 Å². The van der Waals surface area contributed by atoms with Crippen LogP contribution in [0, 0.1) is 0 Å². The molecule has 2 unspecified atom stereocenters. The molecule has 0 radical (unpaired) electrons. The number of hydrogen-bond acceptors (Lipinski definition) is 10. The van der Waals surface area contributed by atoms with Crippen molar-refractivity contribution >= 4 is 35.4 Å². The predicted molar refractivity (Wildman–Crippen MR) is 197 cm³/mol. The molecule has 3 heterocycles. The van der Waals surface area contributed by atoms with Crippen molar-refractivity contribution < 1.29 is 47.7 Å². The number of nitrogens with zero attached hydrogens (tertiary/aromatic N) is 4. The van der Waals surface area contributed by atoms with Gasteiger partial charge in [-0.05, 0) is 37.1 Å². The second-order valence-corrected chi connectivity index (χ2v) is 13.5. The van der Waals surface area contributed by atoms with E-state index in [1.54, 1.807) is 58.3 Å². The fourth-order valence-electron chi connectivity index (χ4n) is 6.93. The largest absolute Gasteiger partial charge is 0.377 e. The lowest BCUT2D eigenvalue weighted by Crippen LogP contribution is -2.52. The van der Waals surface area contributed by atoms with E-state index in [0.717, 1.165) is 22.6 Å². The lowest BCUT2D eigenvalue weighted by Gasteiger charge is -2.32. The zero-order valence-electron chi connectivity index (χ0n) is 31.4. The first kappa shape index (κ1) is 40.7. The molecule has 0 aliphatic carbocycles. The van der Waals surface area contributed by atoms with Crippen LogP contribution in [0.2, 0.25) is 0 Å². The van der Waals surface area contributed by atoms with Crippen LogP contribution in [0.1, 0.15) is 93.8 Å². The summed E-state index contributed by atoms with van der Waals surface area (Å²) in [5.74, 6) is -2.53. The maximum Gasteiger partial charge on any atom is 0.262 e. The lowest BCUT2D eigenvalue weighted by molar-refractivity contribution is -0.138. The summed E-state index contributed by atoms with van der Waals surface area (Å²) in [7, 11) is 0. The Morgan fingerprint density at radius 1 is 0.500 bits per heavy atom. The molecule has 0 N–H and O–H groups in total. The molecule has 54 heavy (non-hydrogen) atoms. The van der Waals surface area contributed by atoms with Crippen molar-refractivity contribution in [3.63, 3.8) is 0 Å². The third kappa shape index (κ3) is 9.59. The molecule has 1 saturated heterocycles. The molecular formula is C40H52N4O10. The SMILES string of the molecule is CCCCC(C(=O)N1CCOCCOCCN(C(=O)C(CCCC)N2C(=O)c3ccccc3C2=O)CCOCCOCC1)N1C(=O)c2ccccc2C1=O. The Balaban J connectivity index is 1.20. The molecule has 292 valence electrons. The van der Waals surface area contributed by atoms with E-state index in [4.69, 9.17) is 18.9 Å². The molecule has 14 heteroatoms. The van der Waals surface area contributed by atoms with E-state index in [2.05, 4.69) is 0 Å². The first-order valence-corrected chi connectivity index (χ1v) is 19.1. The molecule has 2 aromatic carbocycles. The number of benzene rings is 2. The maximum atomic E-state index is 14.1. The van der Waals surface area contributed by atoms with Gasteiger partial charge < -0.3 is 28.7 Å². The topological polar surface area (TPSA) is 152 Å². The Morgan fingerprint density at radius 2 is 0.778 bits per heavy atom. The zero-order valence-corrected chi connectivity index (χ0v) is 31.4. The quantitative estimate of drug-likeness (QED) is 0.331. The Hall–Kier alpha value is -4.50. The van der Waals surface area contributed by atoms with Gasteiger partial charge in [-0.3, -0.25) is 38.6 Å². The molecule has 5 rings (SSSR count). The van der Waals surface area contributed by atoms with Crippen molar-refractivity contribution in [2.45, 2.75) is 64.5 Å². The molecule has 3 aliphatic heterocycles. The highest BCUT2D eigenvalue weighted by molar-refractivity contribution is 6.23. The van der Waals surface area contributed by atoms with Crippen LogP contribution >= 0.6 is 0 Å². The van der Waals surface area contributed by atoms with Gasteiger partial charge in [0.15, 0.2) is 0 Å². The molecular weight excluding hydrogens is 696 g/mol. The molecule has 2 aromatic rings. The lowest BCUT2D eigenvalue weighted by atomic mass is 10.1. The van der Waals surface area contributed by atoms with Crippen LogP contribution in [0.15, 0.2) is 48.5 Å². The van der Waals surface area contributed by atoms with Crippen LogP contribution < -0.4 is 0 Å². The van der Waals surface area contributed by atoms with Crippen molar-refractivity contribution in [1.82, 2.24) is 19.6 Å². The van der Waals surface area contributed by atoms with Crippen molar-refractivity contribution in [2.75, 3.05) is 79.0 Å². The maximum absolute atomic E-state index is 14.1. The van der Waals surface area contributed by atoms with Gasteiger partial charge in [-0.25, -0.2) is 0 Å². The molecule has 14 nitrogen and oxygen atoms in total. The molecule has 2 atom stereocenters. The number of carbonyl (C=O) groups is 6. The zero-order chi connectivity index (χ0) is 38.5. The highest BCUT2D eigenvalue weighted by atomic mass is 16.5. The van der Waals surface area contributed by atoms with Gasteiger partial charge >= 0.3 is 0 Å². The summed E-state index contributed by atoms with van der Waals surface area (Å²) in [5, 5.41) is 0. The minimum Gasteiger partial charge on any atom is -0.377 e. The number of imide groups is 2. The van der Waals surface area contributed by atoms with E-state index in [1.165, 1.54) is 0 Å². The summed E-state index contributed by atoms with van der Waals surface area (Å²) in [6, 6.07) is 11.3. The van der Waals surface area contributed by atoms with E-state index in [1.807, 2.05) is 13.8 Å². The molecule has 0 saturated carbocycles. The van der Waals surface area contributed by atoms with Crippen LogP contribution in [0.5, 0.6) is 0 Å². The van der Waals surface area contributed by atoms with E-state index < -0.39 is 35.7 Å². The van der Waals surface area contributed by atoms with Crippen LogP contribution in [0.25, 0.3) is 0 Å². The molecule has 0 spiro atoms. The fraction of sp³-hybridized carbons (Fsp3) is 0.550. The minimum absolute atomic E-state index is 0.185. The summed E-state index contributed by atoms with van der Waals surface area (Å²) >= 11 is 0. The molecule has 0 aromatic heterocycles. The number of ether oxygens (including phenoxy) is 4. The Morgan fingerprint density at radius 3 is 1.04 bits per heavy atom. The average Bonchev–Trinajstić information content (AvgIpc) is 3.59. The molecule has 1 fully saturated rings. The van der Waals surface area contributed by atoms with Crippen LogP contribution in [0.3, 0.4) is 0 Å². The number of carbonyl (C=O) groups excluding carboxylic acids is 6. The number of rotatable bonds is 10. The van der Waals surface area contributed by atoms with Gasteiger partial charge in [-0.2, -0.15) is 0 Å². The molecule has 3 aliphatic rings. The number of amides is 6. The summed E-state index contributed by atoms with van der Waals surface area (Å²) in [6.07, 6.45) is 3.58. The molecule has 6 amide bonds. The summed E-state index contributed by atoms with van der Waals surface area (Å²) in [5.41, 5.74) is 1.20. The summed E-state index contributed by atoms with van der Waals surface area (Å²) in [4.78, 5) is 87.0. The average molecular weight is 749 g/mol. The van der Waals surface area contributed by atoms with Crippen molar-refractivity contribution in [2.24, 2.45) is 0 Å². The summed E-state index contributed by atoms with van der Waals surface area (Å²) in [6.45, 7) is 6.47. The highest BCUT2D eigenvalue weighted by Crippen LogP contribution is 2.29. The number of hydrogen-bond donors (Lipinski definition) is 0. The third-order valence-corrected chi connectivity index (χ3v) is 9.90. The Bertz CT molecular complexity index is 1440. The van der Waals surface area contributed by atoms with Crippen LogP contribution in [-0.4, -0.2) is 146 Å². The van der Waals surface area contributed by atoms with Crippen molar-refractivity contribution in [1.29, 1.82) is 0 Å². The first-order chi connectivity index (χ1) is 26.3. The van der Waals surface area contributed by atoms with Gasteiger partial charge in [0.1, 0.15) is 12.1 Å². The van der Waals surface area contributed by atoms with E-state index in [0.29, 0.717) is 47.9 Å². The second-order valence-electron chi connectivity index (χ2n) is 13.5. The van der Waals surface area contributed by atoms with Crippen molar-refractivity contribution in [3.05, 3.63) is 70.8 Å². The van der Waals surface area contributed by atoms with Crippen molar-refractivity contribution in [3.8, 4) is 0 Å². The predicted octanol–water partition coefficient (Wildman–Crippen LogP) is 3.43. The third-order valence-electron chi connectivity index (χ3n) is 9.90. The van der Waals surface area contributed by atoms with Gasteiger partial charge in [-0.15, -0.1) is 0 Å². The number of fused-ring (bicyclic) bond motifs is 2. The van der Waals surface area contributed by atoms with E-state index >= 15 is 0 Å². The first-order valence-electron chi connectivity index (χ1n) is 19.1. The summed E-state index contributed by atoms with van der Waals surface area (Å²) < 4.78 is 23.3. The van der Waals surface area contributed by atoms with Crippen LogP contribution in [-0.2, 0) is 28.5 Å². The fourth-order valence-corrected chi connectivity index (χ4v) is 6.93. The highest BCUT2D eigenvalue weighted by Gasteiger charge is 2.45. The minimum atomic E-state index is -0.953. The standard InChI is InChI=1S/C40H52N4O10/c1-3-5-15-33(43-35(45)29-11-7-8-12-30(29)36(43)46)39(49)41-17-21-51-25-27-53-23-19-42(20-24-54-28-26-52-22-18-41)40(50)34(16-6-4-2)44-37(47)31-13-9-10-14-32(31)38(44)48/h7-14,33-34H,3-6,15-28H2,1-2H3. The monoisotopic (exact) mass is 748 g/mol. The van der Waals surface area contributed by atoms with Crippen LogP contribution in [0.4, 0.5) is 0 Å².